The molecule has 0 aromatic heterocycles. The van der Waals surface area contributed by atoms with Gasteiger partial charge in [-0.3, -0.25) is 0 Å². The van der Waals surface area contributed by atoms with Gasteiger partial charge < -0.3 is 21.3 Å². The van der Waals surface area contributed by atoms with Crippen LogP contribution in [0, 0.1) is 0 Å². The van der Waals surface area contributed by atoms with Crippen molar-refractivity contribution in [3.8, 4) is 0 Å². The Morgan fingerprint density at radius 3 is 0.707 bits per heavy atom. The van der Waals surface area contributed by atoms with Crippen molar-refractivity contribution in [1.29, 1.82) is 0 Å². The van der Waals surface area contributed by atoms with Gasteiger partial charge in [-0.2, -0.15) is 0 Å². The molecule has 0 atom stereocenters. The van der Waals surface area contributed by atoms with E-state index in [-0.39, 0.29) is 12.1 Å². The molecule has 0 spiro atoms. The third kappa shape index (κ3) is 38.0. The molecule has 0 radical (unpaired) electrons. The standard InChI is InChI=1S/C52H98N4O2/c1-3-5-7-9-11-13-15-17-19-21-23-25-27-29-31-33-35-37-39-43-47-53-51(57)55-49-45-41-42-46-50(49)56-52(58)54-48-44-40-38-36-34-32-30-28-26-24-22-20-18-16-14-12-10-8-6-4-2/h41-42,45-46H,3-40,43-44,47-48H2,1-2H3,(H2,53,55,57)(H2,54,56,58). The first kappa shape index (κ1) is 53.8. The molecule has 0 saturated carbocycles. The predicted octanol–water partition coefficient (Wildman–Crippen LogP) is 17.6. The van der Waals surface area contributed by atoms with E-state index in [0.29, 0.717) is 24.5 Å². The van der Waals surface area contributed by atoms with E-state index in [9.17, 15) is 9.59 Å². The van der Waals surface area contributed by atoms with Gasteiger partial charge in [-0.1, -0.05) is 270 Å². The van der Waals surface area contributed by atoms with Crippen LogP contribution in [0.3, 0.4) is 0 Å². The lowest BCUT2D eigenvalue weighted by atomic mass is 10.0. The van der Waals surface area contributed by atoms with Crippen LogP contribution in [0.1, 0.15) is 271 Å². The second kappa shape index (κ2) is 44.3. The van der Waals surface area contributed by atoms with Gasteiger partial charge in [0.1, 0.15) is 0 Å². The summed E-state index contributed by atoms with van der Waals surface area (Å²) < 4.78 is 0. The minimum absolute atomic E-state index is 0.225. The molecule has 58 heavy (non-hydrogen) atoms. The van der Waals surface area contributed by atoms with Gasteiger partial charge in [0.2, 0.25) is 0 Å². The van der Waals surface area contributed by atoms with Gasteiger partial charge >= 0.3 is 12.1 Å². The summed E-state index contributed by atoms with van der Waals surface area (Å²) in [4.78, 5) is 25.1. The number of amides is 4. The van der Waals surface area contributed by atoms with Crippen LogP contribution in [0.15, 0.2) is 24.3 Å². The molecular formula is C52H98N4O2. The largest absolute Gasteiger partial charge is 0.338 e. The Morgan fingerprint density at radius 1 is 0.310 bits per heavy atom. The Labute approximate surface area is 361 Å². The fourth-order valence-corrected chi connectivity index (χ4v) is 8.20. The smallest absolute Gasteiger partial charge is 0.319 e. The van der Waals surface area contributed by atoms with Crippen LogP contribution >= 0.6 is 0 Å². The second-order valence-corrected chi connectivity index (χ2v) is 17.7. The number of benzene rings is 1. The van der Waals surface area contributed by atoms with Crippen LogP contribution in [0.5, 0.6) is 0 Å². The first-order valence-corrected chi connectivity index (χ1v) is 25.9. The van der Waals surface area contributed by atoms with Crippen molar-refractivity contribution >= 4 is 23.4 Å². The Bertz CT molecular complexity index is 938. The number of rotatable bonds is 44. The van der Waals surface area contributed by atoms with Crippen molar-refractivity contribution < 1.29 is 9.59 Å². The molecule has 6 nitrogen and oxygen atoms in total. The van der Waals surface area contributed by atoms with Crippen molar-refractivity contribution in [3.63, 3.8) is 0 Å². The number of hydrogen-bond donors (Lipinski definition) is 4. The first-order valence-electron chi connectivity index (χ1n) is 25.9. The molecule has 1 rings (SSSR count). The molecule has 0 aliphatic rings. The quantitative estimate of drug-likeness (QED) is 0.0495. The van der Waals surface area contributed by atoms with Crippen molar-refractivity contribution in [1.82, 2.24) is 10.6 Å². The maximum atomic E-state index is 12.6. The van der Waals surface area contributed by atoms with Crippen LogP contribution in [0.2, 0.25) is 0 Å². The maximum absolute atomic E-state index is 12.6. The van der Waals surface area contributed by atoms with E-state index < -0.39 is 0 Å². The minimum Gasteiger partial charge on any atom is -0.338 e. The van der Waals surface area contributed by atoms with Crippen LogP contribution in [0.4, 0.5) is 21.0 Å². The summed E-state index contributed by atoms with van der Waals surface area (Å²) in [5, 5.41) is 11.8. The first-order chi connectivity index (χ1) is 28.7. The van der Waals surface area contributed by atoms with Crippen molar-refractivity contribution in [2.75, 3.05) is 23.7 Å². The predicted molar refractivity (Wildman–Crippen MR) is 257 cm³/mol. The van der Waals surface area contributed by atoms with Gasteiger partial charge in [0, 0.05) is 13.1 Å². The fraction of sp³-hybridized carbons (Fsp3) is 0.846. The maximum Gasteiger partial charge on any atom is 0.319 e. The lowest BCUT2D eigenvalue weighted by molar-refractivity contribution is 0.250. The third-order valence-electron chi connectivity index (χ3n) is 12.1. The summed E-state index contributed by atoms with van der Waals surface area (Å²) in [5.74, 6) is 0. The average molecular weight is 811 g/mol. The topological polar surface area (TPSA) is 82.3 Å². The second-order valence-electron chi connectivity index (χ2n) is 17.7. The van der Waals surface area contributed by atoms with Crippen LogP contribution in [0.25, 0.3) is 0 Å². The molecule has 338 valence electrons. The monoisotopic (exact) mass is 811 g/mol. The van der Waals surface area contributed by atoms with E-state index in [4.69, 9.17) is 0 Å². The number of anilines is 2. The average Bonchev–Trinajstić information content (AvgIpc) is 3.22. The zero-order valence-corrected chi connectivity index (χ0v) is 38.8. The Hall–Kier alpha value is -2.24. The SMILES string of the molecule is CCCCCCCCCCCCCCCCCCCCCCNC(=O)Nc1ccccc1NC(=O)NCCCCCCCCCCCCCCCCCCCCCC. The van der Waals surface area contributed by atoms with Gasteiger partial charge in [-0.05, 0) is 25.0 Å². The van der Waals surface area contributed by atoms with Crippen LogP contribution in [-0.2, 0) is 0 Å². The number of carbonyl (C=O) groups excluding carboxylic acids is 2. The Kier molecular flexibility index (Phi) is 41.1. The van der Waals surface area contributed by atoms with Gasteiger partial charge in [-0.15, -0.1) is 0 Å². The van der Waals surface area contributed by atoms with Gasteiger partial charge in [0.05, 0.1) is 11.4 Å². The van der Waals surface area contributed by atoms with E-state index in [1.54, 1.807) is 0 Å². The molecule has 6 heteroatoms. The van der Waals surface area contributed by atoms with Crippen molar-refractivity contribution in [2.45, 2.75) is 271 Å². The summed E-state index contributed by atoms with van der Waals surface area (Å²) in [6, 6.07) is 6.94. The number of carbonyl (C=O) groups is 2. The summed E-state index contributed by atoms with van der Waals surface area (Å²) >= 11 is 0. The molecule has 1 aromatic carbocycles. The van der Waals surface area contributed by atoms with Crippen molar-refractivity contribution in [2.24, 2.45) is 0 Å². The molecule has 1 aromatic rings. The zero-order chi connectivity index (χ0) is 41.7. The van der Waals surface area contributed by atoms with Gasteiger partial charge in [0.15, 0.2) is 0 Å². The van der Waals surface area contributed by atoms with Crippen LogP contribution < -0.4 is 21.3 Å². The molecule has 0 fully saturated rings. The highest BCUT2D eigenvalue weighted by atomic mass is 16.2. The number of hydrogen-bond acceptors (Lipinski definition) is 2. The van der Waals surface area contributed by atoms with Gasteiger partial charge in [-0.25, -0.2) is 9.59 Å². The molecule has 4 amide bonds. The lowest BCUT2D eigenvalue weighted by Gasteiger charge is -2.13. The summed E-state index contributed by atoms with van der Waals surface area (Å²) in [7, 11) is 0. The van der Waals surface area contributed by atoms with Gasteiger partial charge in [0.25, 0.3) is 0 Å². The molecule has 0 unspecified atom stereocenters. The minimum atomic E-state index is -0.225. The zero-order valence-electron chi connectivity index (χ0n) is 38.8. The summed E-state index contributed by atoms with van der Waals surface area (Å²) in [6.45, 7) is 5.92. The normalized spacial score (nSPS) is 11.2. The number of para-hydroxylation sites is 2. The molecule has 4 N–H and O–H groups in total. The summed E-state index contributed by atoms with van der Waals surface area (Å²) in [6.07, 6.45) is 54.6. The Morgan fingerprint density at radius 2 is 0.500 bits per heavy atom. The molecule has 0 aliphatic heterocycles. The third-order valence-corrected chi connectivity index (χ3v) is 12.1. The fourth-order valence-electron chi connectivity index (χ4n) is 8.20. The molecular weight excluding hydrogens is 713 g/mol. The van der Waals surface area contributed by atoms with Crippen molar-refractivity contribution in [3.05, 3.63) is 24.3 Å². The van der Waals surface area contributed by atoms with E-state index in [1.807, 2.05) is 24.3 Å². The lowest BCUT2D eigenvalue weighted by Crippen LogP contribution is -2.32. The molecule has 0 saturated heterocycles. The number of nitrogens with one attached hydrogen (secondary N) is 4. The highest BCUT2D eigenvalue weighted by Crippen LogP contribution is 2.21. The number of urea groups is 2. The Balaban J connectivity index is 1.91. The highest BCUT2D eigenvalue weighted by Gasteiger charge is 2.09. The van der Waals surface area contributed by atoms with E-state index in [0.717, 1.165) is 25.7 Å². The van der Waals surface area contributed by atoms with Crippen LogP contribution in [-0.4, -0.2) is 25.2 Å². The molecule has 0 aliphatic carbocycles. The van der Waals surface area contributed by atoms with E-state index >= 15 is 0 Å². The number of unbranched alkanes of at least 4 members (excludes halogenated alkanes) is 38. The molecule has 0 heterocycles. The molecule has 0 bridgehead atoms. The highest BCUT2D eigenvalue weighted by molar-refractivity contribution is 5.98. The van der Waals surface area contributed by atoms with E-state index in [2.05, 4.69) is 35.1 Å². The van der Waals surface area contributed by atoms with E-state index in [1.165, 1.54) is 231 Å². The summed E-state index contributed by atoms with van der Waals surface area (Å²) in [5.41, 5.74) is 1.22.